The van der Waals surface area contributed by atoms with Crippen molar-refractivity contribution in [3.05, 3.63) is 47.8 Å². The maximum Gasteiger partial charge on any atom is 0.251 e. The molecular formula is C17H20N4O2. The summed E-state index contributed by atoms with van der Waals surface area (Å²) in [6, 6.07) is 6.99. The summed E-state index contributed by atoms with van der Waals surface area (Å²) >= 11 is 0. The van der Waals surface area contributed by atoms with Crippen LogP contribution in [0, 0.1) is 0 Å². The Morgan fingerprint density at radius 2 is 2.09 bits per heavy atom. The number of hydrogen-bond donors (Lipinski definition) is 1. The highest BCUT2D eigenvalue weighted by Gasteiger charge is 2.34. The van der Waals surface area contributed by atoms with Crippen LogP contribution in [0.2, 0.25) is 0 Å². The SMILES string of the molecule is CCc1ccc(C(=O)N[C@@H]2CCN(c3cnn(C)c3)C2=O)cc1. The van der Waals surface area contributed by atoms with Gasteiger partial charge in [-0.15, -0.1) is 0 Å². The molecule has 6 heteroatoms. The standard InChI is InChI=1S/C17H20N4O2/c1-3-12-4-6-13(7-5-12)16(22)19-15-8-9-21(17(15)23)14-10-18-20(2)11-14/h4-7,10-11,15H,3,8-9H2,1-2H3,(H,19,22)/t15-/m1/s1. The highest BCUT2D eigenvalue weighted by atomic mass is 16.2. The van der Waals surface area contributed by atoms with Gasteiger partial charge in [-0.05, 0) is 30.5 Å². The quantitative estimate of drug-likeness (QED) is 0.931. The van der Waals surface area contributed by atoms with E-state index in [1.807, 2.05) is 19.2 Å². The minimum absolute atomic E-state index is 0.0865. The molecule has 0 unspecified atom stereocenters. The van der Waals surface area contributed by atoms with Crippen LogP contribution in [0.1, 0.15) is 29.3 Å². The fourth-order valence-electron chi connectivity index (χ4n) is 2.75. The number of carbonyl (C=O) groups is 2. The molecule has 1 fully saturated rings. The number of hydrogen-bond acceptors (Lipinski definition) is 3. The number of nitrogens with one attached hydrogen (secondary N) is 1. The van der Waals surface area contributed by atoms with Crippen molar-refractivity contribution in [2.45, 2.75) is 25.8 Å². The molecule has 1 saturated heterocycles. The van der Waals surface area contributed by atoms with Crippen LogP contribution in [0.4, 0.5) is 5.69 Å². The zero-order valence-corrected chi connectivity index (χ0v) is 13.3. The van der Waals surface area contributed by atoms with E-state index in [9.17, 15) is 9.59 Å². The van der Waals surface area contributed by atoms with Gasteiger partial charge in [0, 0.05) is 25.4 Å². The van der Waals surface area contributed by atoms with E-state index in [0.717, 1.165) is 12.1 Å². The molecule has 1 N–H and O–H groups in total. The van der Waals surface area contributed by atoms with Crippen molar-refractivity contribution in [2.75, 3.05) is 11.4 Å². The van der Waals surface area contributed by atoms with Gasteiger partial charge in [-0.25, -0.2) is 0 Å². The summed E-state index contributed by atoms with van der Waals surface area (Å²) in [6.45, 7) is 2.66. The molecule has 3 rings (SSSR count). The van der Waals surface area contributed by atoms with E-state index in [-0.39, 0.29) is 11.8 Å². The lowest BCUT2D eigenvalue weighted by atomic mass is 10.1. The Hall–Kier alpha value is -2.63. The minimum Gasteiger partial charge on any atom is -0.340 e. The van der Waals surface area contributed by atoms with Gasteiger partial charge in [-0.2, -0.15) is 5.10 Å². The number of aromatic nitrogens is 2. The summed E-state index contributed by atoms with van der Waals surface area (Å²) in [4.78, 5) is 26.4. The van der Waals surface area contributed by atoms with Crippen molar-refractivity contribution in [2.24, 2.45) is 7.05 Å². The molecule has 0 bridgehead atoms. The van der Waals surface area contributed by atoms with Crippen LogP contribution in [0.3, 0.4) is 0 Å². The van der Waals surface area contributed by atoms with Gasteiger partial charge >= 0.3 is 0 Å². The Morgan fingerprint density at radius 1 is 1.35 bits per heavy atom. The third-order valence-electron chi connectivity index (χ3n) is 4.14. The molecule has 23 heavy (non-hydrogen) atoms. The van der Waals surface area contributed by atoms with Gasteiger partial charge < -0.3 is 10.2 Å². The monoisotopic (exact) mass is 312 g/mol. The zero-order valence-electron chi connectivity index (χ0n) is 13.3. The van der Waals surface area contributed by atoms with E-state index in [0.29, 0.717) is 18.5 Å². The fraction of sp³-hybridized carbons (Fsp3) is 0.353. The lowest BCUT2D eigenvalue weighted by molar-refractivity contribution is -0.118. The fourth-order valence-corrected chi connectivity index (χ4v) is 2.75. The molecule has 1 aromatic carbocycles. The van der Waals surface area contributed by atoms with E-state index >= 15 is 0 Å². The Morgan fingerprint density at radius 3 is 2.70 bits per heavy atom. The maximum atomic E-state index is 12.5. The highest BCUT2D eigenvalue weighted by molar-refractivity contribution is 6.03. The number of rotatable bonds is 4. The van der Waals surface area contributed by atoms with Gasteiger partial charge in [-0.1, -0.05) is 19.1 Å². The number of carbonyl (C=O) groups excluding carboxylic acids is 2. The van der Waals surface area contributed by atoms with Gasteiger partial charge in [0.25, 0.3) is 5.91 Å². The van der Waals surface area contributed by atoms with E-state index in [1.54, 1.807) is 34.1 Å². The van der Waals surface area contributed by atoms with Crippen molar-refractivity contribution in [3.63, 3.8) is 0 Å². The van der Waals surface area contributed by atoms with Gasteiger partial charge in [0.05, 0.1) is 11.9 Å². The average molecular weight is 312 g/mol. The first-order chi connectivity index (χ1) is 11.1. The number of aryl methyl sites for hydroxylation is 2. The first-order valence-corrected chi connectivity index (χ1v) is 7.78. The lowest BCUT2D eigenvalue weighted by Crippen LogP contribution is -2.41. The average Bonchev–Trinajstić information content (AvgIpc) is 3.14. The van der Waals surface area contributed by atoms with Crippen LogP contribution < -0.4 is 10.2 Å². The highest BCUT2D eigenvalue weighted by Crippen LogP contribution is 2.21. The summed E-state index contributed by atoms with van der Waals surface area (Å²) in [6.07, 6.45) is 4.99. The van der Waals surface area contributed by atoms with Crippen LogP contribution in [0.15, 0.2) is 36.7 Å². The Balaban J connectivity index is 1.66. The number of amides is 2. The van der Waals surface area contributed by atoms with Crippen LogP contribution in [0.5, 0.6) is 0 Å². The molecule has 2 heterocycles. The summed E-state index contributed by atoms with van der Waals surface area (Å²) in [5.74, 6) is -0.296. The Labute approximate surface area is 135 Å². The third-order valence-corrected chi connectivity index (χ3v) is 4.14. The summed E-state index contributed by atoms with van der Waals surface area (Å²) in [7, 11) is 1.81. The first kappa shape index (κ1) is 15.3. The second-order valence-corrected chi connectivity index (χ2v) is 5.73. The van der Waals surface area contributed by atoms with E-state index in [2.05, 4.69) is 17.3 Å². The van der Waals surface area contributed by atoms with E-state index < -0.39 is 6.04 Å². The molecule has 0 aliphatic carbocycles. The maximum absolute atomic E-state index is 12.5. The molecule has 1 atom stereocenters. The molecule has 120 valence electrons. The normalized spacial score (nSPS) is 17.6. The smallest absolute Gasteiger partial charge is 0.251 e. The van der Waals surface area contributed by atoms with Crippen molar-refractivity contribution < 1.29 is 9.59 Å². The van der Waals surface area contributed by atoms with E-state index in [4.69, 9.17) is 0 Å². The van der Waals surface area contributed by atoms with Crippen molar-refractivity contribution >= 4 is 17.5 Å². The topological polar surface area (TPSA) is 67.2 Å². The van der Waals surface area contributed by atoms with Crippen molar-refractivity contribution in [1.29, 1.82) is 0 Å². The minimum atomic E-state index is -0.478. The van der Waals surface area contributed by atoms with Crippen LogP contribution >= 0.6 is 0 Å². The molecule has 0 spiro atoms. The predicted molar refractivity (Wildman–Crippen MR) is 87.3 cm³/mol. The second-order valence-electron chi connectivity index (χ2n) is 5.73. The zero-order chi connectivity index (χ0) is 16.4. The Bertz CT molecular complexity index is 720. The summed E-state index contributed by atoms with van der Waals surface area (Å²) in [5, 5.41) is 6.91. The van der Waals surface area contributed by atoms with Crippen LogP contribution in [-0.2, 0) is 18.3 Å². The van der Waals surface area contributed by atoms with Gasteiger partial charge in [0.1, 0.15) is 6.04 Å². The molecule has 2 amide bonds. The Kier molecular flexibility index (Phi) is 4.14. The molecule has 6 nitrogen and oxygen atoms in total. The van der Waals surface area contributed by atoms with Crippen LogP contribution in [0.25, 0.3) is 0 Å². The lowest BCUT2D eigenvalue weighted by Gasteiger charge is -2.15. The number of nitrogens with zero attached hydrogens (tertiary/aromatic N) is 3. The summed E-state index contributed by atoms with van der Waals surface area (Å²) < 4.78 is 1.66. The molecule has 1 aliphatic rings. The second kappa shape index (κ2) is 6.24. The van der Waals surface area contributed by atoms with Crippen molar-refractivity contribution in [3.8, 4) is 0 Å². The van der Waals surface area contributed by atoms with Crippen molar-refractivity contribution in [1.82, 2.24) is 15.1 Å². The molecule has 1 aromatic heterocycles. The first-order valence-electron chi connectivity index (χ1n) is 7.78. The van der Waals surface area contributed by atoms with Gasteiger partial charge in [-0.3, -0.25) is 14.3 Å². The largest absolute Gasteiger partial charge is 0.340 e. The third kappa shape index (κ3) is 3.11. The van der Waals surface area contributed by atoms with Crippen LogP contribution in [-0.4, -0.2) is 34.2 Å². The molecule has 0 saturated carbocycles. The van der Waals surface area contributed by atoms with E-state index in [1.165, 1.54) is 5.56 Å². The number of anilines is 1. The molecule has 0 radical (unpaired) electrons. The van der Waals surface area contributed by atoms with Gasteiger partial charge in [0.2, 0.25) is 5.91 Å². The molecule has 1 aliphatic heterocycles. The number of benzene rings is 1. The summed E-state index contributed by atoms with van der Waals surface area (Å²) in [5.41, 5.74) is 2.53. The van der Waals surface area contributed by atoms with Gasteiger partial charge in [0.15, 0.2) is 0 Å². The molecular weight excluding hydrogens is 292 g/mol. The predicted octanol–water partition coefficient (Wildman–Crippen LogP) is 1.52. The molecule has 2 aromatic rings.